The maximum absolute atomic E-state index is 11.9. The van der Waals surface area contributed by atoms with Crippen LogP contribution >= 0.6 is 0 Å². The Kier molecular flexibility index (Phi) is 4.44. The van der Waals surface area contributed by atoms with Gasteiger partial charge in [0.1, 0.15) is 0 Å². The number of hydrogen-bond acceptors (Lipinski definition) is 3. The van der Waals surface area contributed by atoms with E-state index >= 15 is 0 Å². The molecule has 0 aliphatic heterocycles. The quantitative estimate of drug-likeness (QED) is 0.714. The lowest BCUT2D eigenvalue weighted by Crippen LogP contribution is -2.37. The van der Waals surface area contributed by atoms with Gasteiger partial charge in [0.25, 0.3) is 0 Å². The average Bonchev–Trinajstić information content (AvgIpc) is 2.31. The molecule has 0 spiro atoms. The highest BCUT2D eigenvalue weighted by molar-refractivity contribution is 5.95. The van der Waals surface area contributed by atoms with Gasteiger partial charge in [-0.1, -0.05) is 12.1 Å². The smallest absolute Gasteiger partial charge is 0.231 e. The molecule has 1 aromatic rings. The minimum Gasteiger partial charge on any atom is -0.369 e. The zero-order chi connectivity index (χ0) is 13.8. The third kappa shape index (κ3) is 3.85. The Hall–Kier alpha value is -1.88. The first-order valence-corrected chi connectivity index (χ1v) is 5.74. The largest absolute Gasteiger partial charge is 0.369 e. The van der Waals surface area contributed by atoms with E-state index in [1.165, 1.54) is 0 Å². The van der Waals surface area contributed by atoms with E-state index in [2.05, 4.69) is 5.32 Å². The number of amides is 2. The molecule has 98 valence electrons. The molecule has 0 unspecified atom stereocenters. The molecule has 1 rings (SSSR count). The summed E-state index contributed by atoms with van der Waals surface area (Å²) < 4.78 is 0. The normalized spacial score (nSPS) is 11.1. The van der Waals surface area contributed by atoms with Gasteiger partial charge >= 0.3 is 0 Å². The van der Waals surface area contributed by atoms with Gasteiger partial charge < -0.3 is 16.8 Å². The van der Waals surface area contributed by atoms with Gasteiger partial charge in [-0.25, -0.2) is 0 Å². The van der Waals surface area contributed by atoms with Crippen molar-refractivity contribution in [3.63, 3.8) is 0 Å². The first-order valence-electron chi connectivity index (χ1n) is 5.74. The number of nitrogens with two attached hydrogens (primary N) is 2. The number of rotatable bonds is 5. The van der Waals surface area contributed by atoms with Gasteiger partial charge in [-0.2, -0.15) is 0 Å². The van der Waals surface area contributed by atoms with E-state index in [1.807, 2.05) is 0 Å². The van der Waals surface area contributed by atoms with Crippen LogP contribution in [0.25, 0.3) is 0 Å². The fourth-order valence-electron chi connectivity index (χ4n) is 1.30. The molecule has 2 amide bonds. The first kappa shape index (κ1) is 14.2. The molecule has 0 atom stereocenters. The Morgan fingerprint density at radius 3 is 2.22 bits per heavy atom. The van der Waals surface area contributed by atoms with Crippen molar-refractivity contribution in [3.8, 4) is 0 Å². The van der Waals surface area contributed by atoms with E-state index in [-0.39, 0.29) is 24.8 Å². The summed E-state index contributed by atoms with van der Waals surface area (Å²) in [5.74, 6) is -0.510. The Bertz CT molecular complexity index is 438. The molecular formula is C13H19N3O2. The summed E-state index contributed by atoms with van der Waals surface area (Å²) in [6.07, 6.45) is 0.197. The number of benzene rings is 1. The topological polar surface area (TPSA) is 98.2 Å². The lowest BCUT2D eigenvalue weighted by Gasteiger charge is -2.21. The Morgan fingerprint density at radius 1 is 1.22 bits per heavy atom. The van der Waals surface area contributed by atoms with Crippen LogP contribution in [0.5, 0.6) is 0 Å². The third-order valence-electron chi connectivity index (χ3n) is 2.72. The Morgan fingerprint density at radius 2 is 1.78 bits per heavy atom. The van der Waals surface area contributed by atoms with Gasteiger partial charge in [0.05, 0.1) is 11.8 Å². The fraction of sp³-hybridized carbons (Fsp3) is 0.385. The molecule has 5 nitrogen and oxygen atoms in total. The van der Waals surface area contributed by atoms with Gasteiger partial charge in [0.15, 0.2) is 0 Å². The maximum Gasteiger partial charge on any atom is 0.231 e. The Labute approximate surface area is 107 Å². The monoisotopic (exact) mass is 249 g/mol. The van der Waals surface area contributed by atoms with Crippen LogP contribution in [0.1, 0.15) is 19.4 Å². The minimum absolute atomic E-state index is 0.132. The van der Waals surface area contributed by atoms with Gasteiger partial charge in [-0.15, -0.1) is 0 Å². The van der Waals surface area contributed by atoms with E-state index in [4.69, 9.17) is 11.5 Å². The van der Waals surface area contributed by atoms with Crippen LogP contribution < -0.4 is 16.8 Å². The molecule has 5 heteroatoms. The van der Waals surface area contributed by atoms with E-state index < -0.39 is 5.41 Å². The number of anilines is 1. The fourth-order valence-corrected chi connectivity index (χ4v) is 1.30. The van der Waals surface area contributed by atoms with Gasteiger partial charge in [0, 0.05) is 12.2 Å². The molecule has 0 bridgehead atoms. The zero-order valence-electron chi connectivity index (χ0n) is 10.7. The predicted molar refractivity (Wildman–Crippen MR) is 70.8 cm³/mol. The minimum atomic E-state index is -0.605. The zero-order valence-corrected chi connectivity index (χ0v) is 10.7. The van der Waals surface area contributed by atoms with Crippen LogP contribution in [0.4, 0.5) is 5.69 Å². The molecule has 0 saturated carbocycles. The lowest BCUT2D eigenvalue weighted by molar-refractivity contribution is -0.123. The van der Waals surface area contributed by atoms with Gasteiger partial charge in [0.2, 0.25) is 11.8 Å². The number of primary amides is 1. The summed E-state index contributed by atoms with van der Waals surface area (Å²) in [7, 11) is 0. The maximum atomic E-state index is 11.9. The van der Waals surface area contributed by atoms with Crippen molar-refractivity contribution in [2.45, 2.75) is 20.3 Å². The van der Waals surface area contributed by atoms with Crippen molar-refractivity contribution in [3.05, 3.63) is 29.8 Å². The molecular weight excluding hydrogens is 230 g/mol. The summed E-state index contributed by atoms with van der Waals surface area (Å²) in [5, 5.41) is 2.78. The molecule has 0 heterocycles. The molecule has 0 aromatic heterocycles. The first-order chi connectivity index (χ1) is 8.35. The predicted octanol–water partition coefficient (Wildman–Crippen LogP) is 0.638. The molecule has 5 N–H and O–H groups in total. The Balaban J connectivity index is 2.69. The summed E-state index contributed by atoms with van der Waals surface area (Å²) >= 11 is 0. The molecule has 0 radical (unpaired) electrons. The second-order valence-electron chi connectivity index (χ2n) is 4.88. The molecule has 0 saturated heterocycles. The standard InChI is InChI=1S/C13H19N3O2/c1-13(2,8-14)12(18)16-10-5-3-9(4-6-10)7-11(15)17/h3-6H,7-8,14H2,1-2H3,(H2,15,17)(H,16,18). The van der Waals surface area contributed by atoms with Gasteiger partial charge in [-0.05, 0) is 31.5 Å². The van der Waals surface area contributed by atoms with Gasteiger partial charge in [-0.3, -0.25) is 9.59 Å². The van der Waals surface area contributed by atoms with E-state index in [1.54, 1.807) is 38.1 Å². The molecule has 0 aliphatic carbocycles. The van der Waals surface area contributed by atoms with Crippen LogP contribution in [0.3, 0.4) is 0 Å². The van der Waals surface area contributed by atoms with Crippen LogP contribution in [-0.4, -0.2) is 18.4 Å². The highest BCUT2D eigenvalue weighted by Gasteiger charge is 2.25. The van der Waals surface area contributed by atoms with Crippen molar-refractivity contribution in [1.82, 2.24) is 0 Å². The summed E-state index contributed by atoms with van der Waals surface area (Å²) in [4.78, 5) is 22.6. The van der Waals surface area contributed by atoms with Crippen molar-refractivity contribution in [1.29, 1.82) is 0 Å². The van der Waals surface area contributed by atoms with Crippen LogP contribution in [-0.2, 0) is 16.0 Å². The lowest BCUT2D eigenvalue weighted by atomic mass is 9.92. The van der Waals surface area contributed by atoms with E-state index in [0.717, 1.165) is 5.56 Å². The molecule has 0 fully saturated rings. The highest BCUT2D eigenvalue weighted by atomic mass is 16.2. The van der Waals surface area contributed by atoms with Crippen molar-refractivity contribution < 1.29 is 9.59 Å². The van der Waals surface area contributed by atoms with Crippen molar-refractivity contribution in [2.24, 2.45) is 16.9 Å². The van der Waals surface area contributed by atoms with Crippen molar-refractivity contribution in [2.75, 3.05) is 11.9 Å². The van der Waals surface area contributed by atoms with Crippen molar-refractivity contribution >= 4 is 17.5 Å². The number of carbonyl (C=O) groups excluding carboxylic acids is 2. The summed E-state index contributed by atoms with van der Waals surface area (Å²) in [6, 6.07) is 7.00. The second-order valence-corrected chi connectivity index (χ2v) is 4.88. The van der Waals surface area contributed by atoms with Crippen LogP contribution in [0.2, 0.25) is 0 Å². The SMILES string of the molecule is CC(C)(CN)C(=O)Nc1ccc(CC(N)=O)cc1. The average molecular weight is 249 g/mol. The third-order valence-corrected chi connectivity index (χ3v) is 2.72. The van der Waals surface area contributed by atoms with E-state index in [0.29, 0.717) is 5.69 Å². The highest BCUT2D eigenvalue weighted by Crippen LogP contribution is 2.17. The van der Waals surface area contributed by atoms with Crippen LogP contribution in [0, 0.1) is 5.41 Å². The molecule has 18 heavy (non-hydrogen) atoms. The number of carbonyl (C=O) groups is 2. The molecule has 0 aliphatic rings. The molecule has 1 aromatic carbocycles. The number of hydrogen-bond donors (Lipinski definition) is 3. The van der Waals surface area contributed by atoms with Crippen LogP contribution in [0.15, 0.2) is 24.3 Å². The van der Waals surface area contributed by atoms with E-state index in [9.17, 15) is 9.59 Å². The summed E-state index contributed by atoms with van der Waals surface area (Å²) in [6.45, 7) is 3.84. The second kappa shape index (κ2) is 5.64. The summed E-state index contributed by atoms with van der Waals surface area (Å²) in [5.41, 5.74) is 11.5. The number of nitrogens with one attached hydrogen (secondary N) is 1.